The largest absolute Gasteiger partial charge is 0.469 e. The molecule has 0 spiro atoms. The number of hydrogen-bond donors (Lipinski definition) is 2. The third-order valence-electron chi connectivity index (χ3n) is 5.80. The first kappa shape index (κ1) is 22.1. The highest BCUT2D eigenvalue weighted by atomic mass is 16.5. The second kappa shape index (κ2) is 12.2. The van der Waals surface area contributed by atoms with Crippen molar-refractivity contribution in [2.75, 3.05) is 65.7 Å². The third kappa shape index (κ3) is 8.36. The summed E-state index contributed by atoms with van der Waals surface area (Å²) in [4.78, 5) is 7.39. The molecule has 29 heavy (non-hydrogen) atoms. The highest BCUT2D eigenvalue weighted by Gasteiger charge is 2.41. The van der Waals surface area contributed by atoms with Gasteiger partial charge in [0.15, 0.2) is 5.96 Å². The molecule has 1 saturated heterocycles. The molecule has 0 atom stereocenters. The molecule has 2 heterocycles. The van der Waals surface area contributed by atoms with Crippen LogP contribution in [0.25, 0.3) is 0 Å². The number of nitrogens with one attached hydrogen (secondary N) is 2. The first-order valence-corrected chi connectivity index (χ1v) is 11.2. The van der Waals surface area contributed by atoms with Gasteiger partial charge in [0.1, 0.15) is 5.76 Å². The van der Waals surface area contributed by atoms with Gasteiger partial charge in [-0.15, -0.1) is 0 Å². The van der Waals surface area contributed by atoms with Crippen molar-refractivity contribution in [3.63, 3.8) is 0 Å². The van der Waals surface area contributed by atoms with Gasteiger partial charge in [0.2, 0.25) is 0 Å². The van der Waals surface area contributed by atoms with E-state index < -0.39 is 0 Å². The Bertz CT molecular complexity index is 581. The van der Waals surface area contributed by atoms with E-state index in [1.165, 1.54) is 12.8 Å². The lowest BCUT2D eigenvalue weighted by Crippen LogP contribution is -2.41. The van der Waals surface area contributed by atoms with Gasteiger partial charge < -0.3 is 24.5 Å². The van der Waals surface area contributed by atoms with Crippen LogP contribution in [-0.2, 0) is 15.9 Å². The average molecular weight is 407 g/mol. The van der Waals surface area contributed by atoms with Gasteiger partial charge in [0.25, 0.3) is 0 Å². The molecule has 2 fully saturated rings. The highest BCUT2D eigenvalue weighted by Crippen LogP contribution is 2.48. The predicted molar refractivity (Wildman–Crippen MR) is 115 cm³/mol. The number of nitrogens with zero attached hydrogens (tertiary/aromatic N) is 2. The molecule has 1 aliphatic carbocycles. The number of rotatable bonds is 13. The lowest BCUT2D eigenvalue weighted by atomic mass is 10.0. The number of ether oxygens (including phenoxy) is 2. The van der Waals surface area contributed by atoms with E-state index in [0.29, 0.717) is 5.41 Å². The molecule has 164 valence electrons. The fourth-order valence-electron chi connectivity index (χ4n) is 3.61. The van der Waals surface area contributed by atoms with Gasteiger partial charge in [-0.1, -0.05) is 0 Å². The third-order valence-corrected chi connectivity index (χ3v) is 5.80. The van der Waals surface area contributed by atoms with Gasteiger partial charge in [-0.25, -0.2) is 0 Å². The molecule has 0 bridgehead atoms. The van der Waals surface area contributed by atoms with Crippen molar-refractivity contribution >= 4 is 5.96 Å². The molecule has 7 nitrogen and oxygen atoms in total. The summed E-state index contributed by atoms with van der Waals surface area (Å²) < 4.78 is 16.4. The second-order valence-electron chi connectivity index (χ2n) is 8.10. The molecule has 0 unspecified atom stereocenters. The molecule has 2 N–H and O–H groups in total. The maximum Gasteiger partial charge on any atom is 0.191 e. The van der Waals surface area contributed by atoms with Crippen LogP contribution in [0.2, 0.25) is 0 Å². The van der Waals surface area contributed by atoms with E-state index in [-0.39, 0.29) is 0 Å². The molecule has 1 aromatic heterocycles. The van der Waals surface area contributed by atoms with Crippen LogP contribution >= 0.6 is 0 Å². The van der Waals surface area contributed by atoms with E-state index >= 15 is 0 Å². The first-order valence-electron chi connectivity index (χ1n) is 11.2. The lowest BCUT2D eigenvalue weighted by molar-refractivity contribution is 0.0376. The summed E-state index contributed by atoms with van der Waals surface area (Å²) in [5, 5.41) is 7.00. The number of aliphatic imine (C=N–C) groups is 1. The molecule has 1 saturated carbocycles. The standard InChI is InChI=1S/C22H38N4O3/c1-2-27-16-9-22(7-8-22)19-25-21(24-11-6-20-5-3-15-29-20)23-10-4-12-26-13-17-28-18-14-26/h3,5,15H,2,4,6-14,16-19H2,1H3,(H2,23,24,25). The summed E-state index contributed by atoms with van der Waals surface area (Å²) in [7, 11) is 0. The number of morpholine rings is 1. The normalized spacial score (nSPS) is 19.3. The minimum atomic E-state index is 0.360. The summed E-state index contributed by atoms with van der Waals surface area (Å²) in [5.41, 5.74) is 0.360. The van der Waals surface area contributed by atoms with Crippen LogP contribution in [0.5, 0.6) is 0 Å². The topological polar surface area (TPSA) is 71.3 Å². The van der Waals surface area contributed by atoms with Crippen molar-refractivity contribution in [3.05, 3.63) is 24.2 Å². The van der Waals surface area contributed by atoms with Crippen LogP contribution in [0, 0.1) is 5.41 Å². The summed E-state index contributed by atoms with van der Waals surface area (Å²) in [5.74, 6) is 1.92. The molecule has 7 heteroatoms. The van der Waals surface area contributed by atoms with Crippen molar-refractivity contribution in [2.45, 2.75) is 39.0 Å². The minimum absolute atomic E-state index is 0.360. The van der Waals surface area contributed by atoms with Crippen molar-refractivity contribution < 1.29 is 13.9 Å². The van der Waals surface area contributed by atoms with E-state index in [1.807, 2.05) is 12.1 Å². The Kier molecular flexibility index (Phi) is 9.31. The quantitative estimate of drug-likeness (QED) is 0.298. The Hall–Kier alpha value is -1.57. The highest BCUT2D eigenvalue weighted by molar-refractivity contribution is 5.79. The molecular formula is C22H38N4O3. The molecule has 0 aromatic carbocycles. The predicted octanol–water partition coefficient (Wildman–Crippen LogP) is 2.29. The van der Waals surface area contributed by atoms with Gasteiger partial charge in [-0.05, 0) is 56.7 Å². The van der Waals surface area contributed by atoms with Gasteiger partial charge in [-0.2, -0.15) is 0 Å². The maximum atomic E-state index is 5.56. The van der Waals surface area contributed by atoms with E-state index in [9.17, 15) is 0 Å². The van der Waals surface area contributed by atoms with Crippen molar-refractivity contribution in [3.8, 4) is 0 Å². The summed E-state index contributed by atoms with van der Waals surface area (Å²) >= 11 is 0. The molecule has 1 aromatic rings. The van der Waals surface area contributed by atoms with Crippen LogP contribution in [-0.4, -0.2) is 76.6 Å². The van der Waals surface area contributed by atoms with E-state index in [0.717, 1.165) is 96.7 Å². The Labute approximate surface area is 175 Å². The number of guanidine groups is 1. The Morgan fingerprint density at radius 2 is 2.07 bits per heavy atom. The second-order valence-corrected chi connectivity index (χ2v) is 8.10. The van der Waals surface area contributed by atoms with Crippen LogP contribution < -0.4 is 10.6 Å². The van der Waals surface area contributed by atoms with Crippen molar-refractivity contribution in [1.29, 1.82) is 0 Å². The van der Waals surface area contributed by atoms with Crippen molar-refractivity contribution in [1.82, 2.24) is 15.5 Å². The van der Waals surface area contributed by atoms with E-state index in [4.69, 9.17) is 18.9 Å². The number of hydrogen-bond acceptors (Lipinski definition) is 5. The number of furan rings is 1. The van der Waals surface area contributed by atoms with Crippen molar-refractivity contribution in [2.24, 2.45) is 10.4 Å². The zero-order chi connectivity index (χ0) is 20.2. The van der Waals surface area contributed by atoms with Crippen LogP contribution in [0.3, 0.4) is 0 Å². The minimum Gasteiger partial charge on any atom is -0.469 e. The zero-order valence-corrected chi connectivity index (χ0v) is 18.0. The molecule has 2 aliphatic rings. The van der Waals surface area contributed by atoms with Crippen LogP contribution in [0.4, 0.5) is 0 Å². The SMILES string of the molecule is CCOCCC1(CN=C(NCCCN2CCOCC2)NCCc2ccco2)CC1. The van der Waals surface area contributed by atoms with Crippen LogP contribution in [0.15, 0.2) is 27.8 Å². The smallest absolute Gasteiger partial charge is 0.191 e. The summed E-state index contributed by atoms with van der Waals surface area (Å²) in [6.07, 6.45) is 7.33. The fourth-order valence-corrected chi connectivity index (χ4v) is 3.61. The van der Waals surface area contributed by atoms with Gasteiger partial charge in [-0.3, -0.25) is 9.89 Å². The monoisotopic (exact) mass is 406 g/mol. The molecule has 1 aliphatic heterocycles. The molecule has 3 rings (SSSR count). The van der Waals surface area contributed by atoms with E-state index in [2.05, 4.69) is 22.5 Å². The summed E-state index contributed by atoms with van der Waals surface area (Å²) in [6, 6.07) is 3.95. The Balaban J connectivity index is 1.41. The maximum absolute atomic E-state index is 5.56. The van der Waals surface area contributed by atoms with Gasteiger partial charge >= 0.3 is 0 Å². The Morgan fingerprint density at radius 3 is 2.79 bits per heavy atom. The van der Waals surface area contributed by atoms with Crippen LogP contribution in [0.1, 0.15) is 38.4 Å². The Morgan fingerprint density at radius 1 is 1.24 bits per heavy atom. The first-order chi connectivity index (χ1) is 14.3. The molecule has 0 amide bonds. The zero-order valence-electron chi connectivity index (χ0n) is 18.0. The summed E-state index contributed by atoms with van der Waals surface area (Å²) in [6.45, 7) is 11.2. The van der Waals surface area contributed by atoms with Gasteiger partial charge in [0.05, 0.1) is 19.5 Å². The fraction of sp³-hybridized carbons (Fsp3) is 0.773. The van der Waals surface area contributed by atoms with Gasteiger partial charge in [0, 0.05) is 52.4 Å². The molecule has 0 radical (unpaired) electrons. The molecular weight excluding hydrogens is 368 g/mol. The lowest BCUT2D eigenvalue weighted by Gasteiger charge is -2.26. The van der Waals surface area contributed by atoms with E-state index in [1.54, 1.807) is 6.26 Å². The average Bonchev–Trinajstić information content (AvgIpc) is 3.32.